The van der Waals surface area contributed by atoms with Gasteiger partial charge in [-0.15, -0.1) is 11.3 Å². The van der Waals surface area contributed by atoms with Crippen LogP contribution < -0.4 is 5.32 Å². The third kappa shape index (κ3) is 2.41. The molecule has 0 spiro atoms. The Morgan fingerprint density at radius 1 is 1.37 bits per heavy atom. The van der Waals surface area contributed by atoms with Crippen LogP contribution in [0.5, 0.6) is 0 Å². The lowest BCUT2D eigenvalue weighted by atomic mass is 10.2. The van der Waals surface area contributed by atoms with Crippen LogP contribution in [0.1, 0.15) is 10.7 Å². The Labute approximate surface area is 119 Å². The van der Waals surface area contributed by atoms with Gasteiger partial charge in [-0.05, 0) is 13.0 Å². The predicted octanol–water partition coefficient (Wildman–Crippen LogP) is 3.00. The van der Waals surface area contributed by atoms with E-state index in [-0.39, 0.29) is 0 Å². The lowest BCUT2D eigenvalue weighted by Gasteiger charge is -2.04. The Hall–Kier alpha value is -1.66. The summed E-state index contributed by atoms with van der Waals surface area (Å²) in [5, 5.41) is 9.66. The van der Waals surface area contributed by atoms with Gasteiger partial charge in [0.25, 0.3) is 0 Å². The number of hydrogen-bond donors (Lipinski definition) is 1. The van der Waals surface area contributed by atoms with E-state index in [1.807, 2.05) is 14.0 Å². The molecule has 1 N–H and O–H groups in total. The Bertz CT molecular complexity index is 733. The van der Waals surface area contributed by atoms with Crippen LogP contribution in [0.15, 0.2) is 18.5 Å². The van der Waals surface area contributed by atoms with Crippen LogP contribution in [0.4, 0.5) is 5.69 Å². The molecule has 0 radical (unpaired) electrons. The second kappa shape index (κ2) is 4.79. The van der Waals surface area contributed by atoms with Crippen LogP contribution >= 0.6 is 22.9 Å². The smallest absolute Gasteiger partial charge is 0.157 e. The molecule has 3 rings (SSSR count). The number of nitrogens with zero attached hydrogens (tertiary/aromatic N) is 4. The van der Waals surface area contributed by atoms with E-state index in [4.69, 9.17) is 11.6 Å². The van der Waals surface area contributed by atoms with Crippen LogP contribution in [0, 0.1) is 6.92 Å². The fraction of sp³-hybridized carbons (Fsp3) is 0.250. The number of rotatable bonds is 3. The molecule has 0 amide bonds. The van der Waals surface area contributed by atoms with Gasteiger partial charge >= 0.3 is 0 Å². The summed E-state index contributed by atoms with van der Waals surface area (Å²) >= 11 is 7.32. The SMILES string of the molecule is Cc1nn(C)c2ncc(NCc3ncc(Cl)s3)cc12. The number of aryl methyl sites for hydroxylation is 2. The molecule has 0 fully saturated rings. The maximum atomic E-state index is 5.85. The highest BCUT2D eigenvalue weighted by atomic mass is 35.5. The van der Waals surface area contributed by atoms with Crippen molar-refractivity contribution in [3.8, 4) is 0 Å². The summed E-state index contributed by atoms with van der Waals surface area (Å²) in [6, 6.07) is 2.06. The number of pyridine rings is 1. The molecule has 7 heteroatoms. The molecule has 0 aliphatic rings. The highest BCUT2D eigenvalue weighted by Crippen LogP contribution is 2.21. The van der Waals surface area contributed by atoms with Gasteiger partial charge in [-0.25, -0.2) is 9.97 Å². The molecular weight excluding hydrogens is 282 g/mol. The van der Waals surface area contributed by atoms with E-state index in [2.05, 4.69) is 26.4 Å². The fourth-order valence-electron chi connectivity index (χ4n) is 1.95. The molecule has 0 aliphatic carbocycles. The van der Waals surface area contributed by atoms with Crippen LogP contribution in [0.3, 0.4) is 0 Å². The zero-order chi connectivity index (χ0) is 13.4. The normalized spacial score (nSPS) is 11.1. The topological polar surface area (TPSA) is 55.6 Å². The minimum Gasteiger partial charge on any atom is -0.377 e. The zero-order valence-corrected chi connectivity index (χ0v) is 12.1. The minimum atomic E-state index is 0.643. The van der Waals surface area contributed by atoms with Gasteiger partial charge in [-0.3, -0.25) is 4.68 Å². The van der Waals surface area contributed by atoms with E-state index in [1.54, 1.807) is 17.1 Å². The molecule has 0 saturated carbocycles. The average Bonchev–Trinajstić information content (AvgIpc) is 2.92. The Balaban J connectivity index is 1.83. The summed E-state index contributed by atoms with van der Waals surface area (Å²) < 4.78 is 2.49. The molecule has 3 aromatic rings. The van der Waals surface area contributed by atoms with Crippen molar-refractivity contribution in [2.75, 3.05) is 5.32 Å². The number of fused-ring (bicyclic) bond motifs is 1. The molecule has 0 bridgehead atoms. The van der Waals surface area contributed by atoms with Crippen molar-refractivity contribution < 1.29 is 0 Å². The van der Waals surface area contributed by atoms with Gasteiger partial charge in [0.2, 0.25) is 0 Å². The third-order valence-electron chi connectivity index (χ3n) is 2.83. The Morgan fingerprint density at radius 3 is 2.95 bits per heavy atom. The molecule has 0 atom stereocenters. The Morgan fingerprint density at radius 2 is 2.21 bits per heavy atom. The van der Waals surface area contributed by atoms with Crippen molar-refractivity contribution in [1.29, 1.82) is 0 Å². The lowest BCUT2D eigenvalue weighted by Crippen LogP contribution is -1.99. The van der Waals surface area contributed by atoms with Crippen molar-refractivity contribution >= 4 is 39.7 Å². The highest BCUT2D eigenvalue weighted by molar-refractivity contribution is 7.15. The van der Waals surface area contributed by atoms with E-state index in [0.29, 0.717) is 10.9 Å². The van der Waals surface area contributed by atoms with Crippen molar-refractivity contribution in [3.63, 3.8) is 0 Å². The summed E-state index contributed by atoms with van der Waals surface area (Å²) in [7, 11) is 1.90. The minimum absolute atomic E-state index is 0.643. The summed E-state index contributed by atoms with van der Waals surface area (Å²) in [6.45, 7) is 2.62. The first-order valence-corrected chi connectivity index (χ1v) is 6.96. The van der Waals surface area contributed by atoms with Crippen molar-refractivity contribution in [1.82, 2.24) is 19.7 Å². The molecular formula is C12H12ClN5S. The number of hydrogen-bond acceptors (Lipinski definition) is 5. The fourth-order valence-corrected chi connectivity index (χ4v) is 2.85. The van der Waals surface area contributed by atoms with Crippen LogP contribution in [0.2, 0.25) is 4.34 Å². The van der Waals surface area contributed by atoms with Gasteiger partial charge in [0.05, 0.1) is 30.3 Å². The van der Waals surface area contributed by atoms with Gasteiger partial charge in [0, 0.05) is 12.4 Å². The molecule has 0 unspecified atom stereocenters. The van der Waals surface area contributed by atoms with E-state index in [1.165, 1.54) is 11.3 Å². The molecule has 0 aliphatic heterocycles. The number of anilines is 1. The van der Waals surface area contributed by atoms with E-state index in [9.17, 15) is 0 Å². The summed E-state index contributed by atoms with van der Waals surface area (Å²) in [4.78, 5) is 8.62. The van der Waals surface area contributed by atoms with E-state index in [0.717, 1.165) is 27.4 Å². The molecule has 3 aromatic heterocycles. The van der Waals surface area contributed by atoms with Crippen molar-refractivity contribution in [3.05, 3.63) is 33.5 Å². The first-order valence-electron chi connectivity index (χ1n) is 5.77. The molecule has 98 valence electrons. The van der Waals surface area contributed by atoms with Gasteiger partial charge in [-0.2, -0.15) is 5.10 Å². The lowest BCUT2D eigenvalue weighted by molar-refractivity contribution is 0.774. The first kappa shape index (κ1) is 12.4. The monoisotopic (exact) mass is 293 g/mol. The highest BCUT2D eigenvalue weighted by Gasteiger charge is 2.07. The standard InChI is InChI=1S/C12H12ClN5S/c1-7-9-3-8(4-16-12(9)18(2)17-7)14-6-11-15-5-10(13)19-11/h3-5,14H,6H2,1-2H3. The molecule has 0 aromatic carbocycles. The number of thiazole rings is 1. The summed E-state index contributed by atoms with van der Waals surface area (Å²) in [5.74, 6) is 0. The maximum Gasteiger partial charge on any atom is 0.157 e. The molecule has 5 nitrogen and oxygen atoms in total. The quantitative estimate of drug-likeness (QED) is 0.806. The second-order valence-corrected chi connectivity index (χ2v) is 5.96. The zero-order valence-electron chi connectivity index (χ0n) is 10.5. The van der Waals surface area contributed by atoms with E-state index >= 15 is 0 Å². The number of aromatic nitrogens is 4. The van der Waals surface area contributed by atoms with Gasteiger partial charge in [0.15, 0.2) is 5.65 Å². The second-order valence-electron chi connectivity index (χ2n) is 4.22. The third-order valence-corrected chi connectivity index (χ3v) is 3.95. The maximum absolute atomic E-state index is 5.85. The van der Waals surface area contributed by atoms with Crippen molar-refractivity contribution in [2.24, 2.45) is 7.05 Å². The van der Waals surface area contributed by atoms with Crippen LogP contribution in [0.25, 0.3) is 11.0 Å². The molecule has 3 heterocycles. The predicted molar refractivity (Wildman–Crippen MR) is 77.7 cm³/mol. The first-order chi connectivity index (χ1) is 9.13. The summed E-state index contributed by atoms with van der Waals surface area (Å²) in [6.07, 6.45) is 3.47. The molecule has 0 saturated heterocycles. The largest absolute Gasteiger partial charge is 0.377 e. The van der Waals surface area contributed by atoms with E-state index < -0.39 is 0 Å². The molecule has 19 heavy (non-hydrogen) atoms. The van der Waals surface area contributed by atoms with Crippen LogP contribution in [-0.4, -0.2) is 19.7 Å². The average molecular weight is 294 g/mol. The number of halogens is 1. The summed E-state index contributed by atoms with van der Waals surface area (Å²) in [5.41, 5.74) is 2.82. The van der Waals surface area contributed by atoms with Crippen molar-refractivity contribution in [2.45, 2.75) is 13.5 Å². The van der Waals surface area contributed by atoms with Gasteiger partial charge < -0.3 is 5.32 Å². The Kier molecular flexibility index (Phi) is 3.12. The van der Waals surface area contributed by atoms with Gasteiger partial charge in [0.1, 0.15) is 9.34 Å². The van der Waals surface area contributed by atoms with Crippen LogP contribution in [-0.2, 0) is 13.6 Å². The van der Waals surface area contributed by atoms with Gasteiger partial charge in [-0.1, -0.05) is 11.6 Å². The number of nitrogens with one attached hydrogen (secondary N) is 1.